The minimum atomic E-state index is -1.05. The van der Waals surface area contributed by atoms with Crippen LogP contribution in [0.2, 0.25) is 0 Å². The van der Waals surface area contributed by atoms with E-state index in [9.17, 15) is 9.90 Å². The van der Waals surface area contributed by atoms with E-state index in [1.165, 1.54) is 0 Å². The van der Waals surface area contributed by atoms with Gasteiger partial charge < -0.3 is 20.1 Å². The first-order valence-electron chi connectivity index (χ1n) is 8.91. The number of pyridine rings is 2. The molecule has 0 saturated heterocycles. The fourth-order valence-electron chi connectivity index (χ4n) is 2.84. The number of carbonyl (C=O) groups is 1. The fourth-order valence-corrected chi connectivity index (χ4v) is 2.84. The maximum atomic E-state index is 11.3. The third-order valence-corrected chi connectivity index (χ3v) is 4.27. The molecular formula is C19H22N6O3. The number of ether oxygens (including phenoxy) is 1. The molecule has 0 radical (unpaired) electrons. The Morgan fingerprint density at radius 1 is 1.39 bits per heavy atom. The van der Waals surface area contributed by atoms with Gasteiger partial charge in [0.25, 0.3) is 0 Å². The second kappa shape index (κ2) is 8.47. The standard InChI is InChI=1S/C19H22N6O3/c1-12-9-14(19(26)27)18(21-10-12)28-8-4-5-13(2)25-11-22-24-17(25)15-6-3-7-16(20)23-15/h3,6-7,9-11,13H,4-5,8H2,1-2H3,(H2,20,23)(H,26,27). The van der Waals surface area contributed by atoms with Gasteiger partial charge in [-0.25, -0.2) is 14.8 Å². The van der Waals surface area contributed by atoms with Gasteiger partial charge in [-0.2, -0.15) is 0 Å². The molecule has 3 heterocycles. The molecule has 0 aliphatic carbocycles. The van der Waals surface area contributed by atoms with Crippen LogP contribution >= 0.6 is 0 Å². The zero-order chi connectivity index (χ0) is 20.1. The van der Waals surface area contributed by atoms with E-state index in [0.717, 1.165) is 12.0 Å². The first-order valence-corrected chi connectivity index (χ1v) is 8.91. The van der Waals surface area contributed by atoms with Gasteiger partial charge in [0, 0.05) is 12.2 Å². The molecule has 1 unspecified atom stereocenters. The van der Waals surface area contributed by atoms with Crippen LogP contribution < -0.4 is 10.5 Å². The summed E-state index contributed by atoms with van der Waals surface area (Å²) in [6.07, 6.45) is 4.74. The van der Waals surface area contributed by atoms with Crippen LogP contribution in [0, 0.1) is 6.92 Å². The van der Waals surface area contributed by atoms with Crippen LogP contribution in [0.15, 0.2) is 36.8 Å². The van der Waals surface area contributed by atoms with E-state index < -0.39 is 5.97 Å². The number of carboxylic acid groups (broad SMARTS) is 1. The Morgan fingerprint density at radius 2 is 2.21 bits per heavy atom. The molecule has 3 rings (SSSR count). The molecule has 9 heteroatoms. The zero-order valence-corrected chi connectivity index (χ0v) is 15.7. The highest BCUT2D eigenvalue weighted by Crippen LogP contribution is 2.22. The van der Waals surface area contributed by atoms with E-state index in [-0.39, 0.29) is 17.5 Å². The first-order chi connectivity index (χ1) is 13.5. The fraction of sp³-hybridized carbons (Fsp3) is 0.316. The number of hydrogen-bond acceptors (Lipinski definition) is 7. The van der Waals surface area contributed by atoms with E-state index in [2.05, 4.69) is 20.2 Å². The van der Waals surface area contributed by atoms with Crippen molar-refractivity contribution in [2.24, 2.45) is 0 Å². The van der Waals surface area contributed by atoms with Crippen LogP contribution in [0.3, 0.4) is 0 Å². The van der Waals surface area contributed by atoms with Crippen LogP contribution in [0.1, 0.15) is 41.7 Å². The monoisotopic (exact) mass is 382 g/mol. The first kappa shape index (κ1) is 19.3. The number of carboxylic acids is 1. The summed E-state index contributed by atoms with van der Waals surface area (Å²) in [5.74, 6) is 0.157. The molecular weight excluding hydrogens is 360 g/mol. The topological polar surface area (TPSA) is 129 Å². The lowest BCUT2D eigenvalue weighted by Gasteiger charge is -2.15. The SMILES string of the molecule is Cc1cnc(OCCCC(C)n2cnnc2-c2cccc(N)n2)c(C(=O)O)c1. The van der Waals surface area contributed by atoms with Gasteiger partial charge in [-0.15, -0.1) is 10.2 Å². The number of hydrogen-bond donors (Lipinski definition) is 2. The summed E-state index contributed by atoms with van der Waals surface area (Å²) < 4.78 is 7.53. The largest absolute Gasteiger partial charge is 0.477 e. The van der Waals surface area contributed by atoms with E-state index >= 15 is 0 Å². The number of nitrogen functional groups attached to an aromatic ring is 1. The van der Waals surface area contributed by atoms with Crippen molar-refractivity contribution in [1.82, 2.24) is 24.7 Å². The quantitative estimate of drug-likeness (QED) is 0.569. The molecule has 28 heavy (non-hydrogen) atoms. The molecule has 1 atom stereocenters. The molecule has 0 amide bonds. The third kappa shape index (κ3) is 4.43. The Hall–Kier alpha value is -3.49. The Bertz CT molecular complexity index is 972. The van der Waals surface area contributed by atoms with Crippen LogP contribution in [0.25, 0.3) is 11.5 Å². The molecule has 3 aromatic rings. The van der Waals surface area contributed by atoms with Crippen molar-refractivity contribution in [2.45, 2.75) is 32.7 Å². The molecule has 0 aromatic carbocycles. The zero-order valence-electron chi connectivity index (χ0n) is 15.7. The van der Waals surface area contributed by atoms with Crippen LogP contribution in [-0.4, -0.2) is 42.4 Å². The van der Waals surface area contributed by atoms with Crippen molar-refractivity contribution < 1.29 is 14.6 Å². The summed E-state index contributed by atoms with van der Waals surface area (Å²) in [5, 5.41) is 17.4. The lowest BCUT2D eigenvalue weighted by atomic mass is 10.2. The highest BCUT2D eigenvalue weighted by Gasteiger charge is 2.16. The molecule has 0 bridgehead atoms. The number of aromatic nitrogens is 5. The maximum absolute atomic E-state index is 11.3. The lowest BCUT2D eigenvalue weighted by Crippen LogP contribution is -2.10. The van der Waals surface area contributed by atoms with Crippen molar-refractivity contribution >= 4 is 11.8 Å². The molecule has 0 saturated carbocycles. The highest BCUT2D eigenvalue weighted by atomic mass is 16.5. The van der Waals surface area contributed by atoms with Crippen LogP contribution in [0.4, 0.5) is 5.82 Å². The molecule has 0 fully saturated rings. The molecule has 9 nitrogen and oxygen atoms in total. The Morgan fingerprint density at radius 3 is 2.96 bits per heavy atom. The smallest absolute Gasteiger partial charge is 0.341 e. The van der Waals surface area contributed by atoms with Gasteiger partial charge >= 0.3 is 5.97 Å². The van der Waals surface area contributed by atoms with Crippen LogP contribution in [-0.2, 0) is 0 Å². The molecule has 0 spiro atoms. The predicted molar refractivity (Wildman–Crippen MR) is 103 cm³/mol. The van der Waals surface area contributed by atoms with Crippen LogP contribution in [0.5, 0.6) is 5.88 Å². The summed E-state index contributed by atoms with van der Waals surface area (Å²) in [5.41, 5.74) is 7.26. The second-order valence-corrected chi connectivity index (χ2v) is 6.52. The summed E-state index contributed by atoms with van der Waals surface area (Å²) in [6.45, 7) is 4.19. The lowest BCUT2D eigenvalue weighted by molar-refractivity contribution is 0.0691. The van der Waals surface area contributed by atoms with Gasteiger partial charge in [0.05, 0.1) is 6.61 Å². The number of aromatic carboxylic acids is 1. The van der Waals surface area contributed by atoms with Crippen molar-refractivity contribution in [3.05, 3.63) is 47.9 Å². The number of aryl methyl sites for hydroxylation is 1. The highest BCUT2D eigenvalue weighted by molar-refractivity contribution is 5.90. The summed E-state index contributed by atoms with van der Waals surface area (Å²) in [4.78, 5) is 19.7. The van der Waals surface area contributed by atoms with E-state index in [1.54, 1.807) is 31.6 Å². The third-order valence-electron chi connectivity index (χ3n) is 4.27. The maximum Gasteiger partial charge on any atom is 0.341 e. The minimum absolute atomic E-state index is 0.0712. The Balaban J connectivity index is 1.60. The van der Waals surface area contributed by atoms with Gasteiger partial charge in [-0.1, -0.05) is 6.07 Å². The Labute approximate surface area is 162 Å². The number of anilines is 1. The van der Waals surface area contributed by atoms with Crippen molar-refractivity contribution in [3.8, 4) is 17.4 Å². The van der Waals surface area contributed by atoms with E-state index in [4.69, 9.17) is 10.5 Å². The average Bonchev–Trinajstić information content (AvgIpc) is 3.16. The van der Waals surface area contributed by atoms with Crippen molar-refractivity contribution in [3.63, 3.8) is 0 Å². The number of nitrogens with zero attached hydrogens (tertiary/aromatic N) is 5. The van der Waals surface area contributed by atoms with Gasteiger partial charge in [-0.3, -0.25) is 0 Å². The van der Waals surface area contributed by atoms with E-state index in [0.29, 0.717) is 30.4 Å². The normalized spacial score (nSPS) is 11.9. The van der Waals surface area contributed by atoms with Crippen molar-refractivity contribution in [1.29, 1.82) is 0 Å². The second-order valence-electron chi connectivity index (χ2n) is 6.52. The minimum Gasteiger partial charge on any atom is -0.477 e. The molecule has 3 N–H and O–H groups in total. The van der Waals surface area contributed by atoms with E-state index in [1.807, 2.05) is 23.6 Å². The average molecular weight is 382 g/mol. The summed E-state index contributed by atoms with van der Waals surface area (Å²) in [7, 11) is 0. The summed E-state index contributed by atoms with van der Waals surface area (Å²) in [6, 6.07) is 7.03. The Kier molecular flexibility index (Phi) is 5.83. The molecule has 3 aromatic heterocycles. The number of nitrogens with two attached hydrogens (primary N) is 1. The van der Waals surface area contributed by atoms with Gasteiger partial charge in [0.15, 0.2) is 5.82 Å². The van der Waals surface area contributed by atoms with Gasteiger partial charge in [0.2, 0.25) is 5.88 Å². The summed E-state index contributed by atoms with van der Waals surface area (Å²) >= 11 is 0. The van der Waals surface area contributed by atoms with Crippen molar-refractivity contribution in [2.75, 3.05) is 12.3 Å². The number of rotatable bonds is 8. The molecule has 0 aliphatic rings. The molecule has 0 aliphatic heterocycles. The van der Waals surface area contributed by atoms with Gasteiger partial charge in [0.1, 0.15) is 23.4 Å². The predicted octanol–water partition coefficient (Wildman–Crippen LogP) is 2.74. The van der Waals surface area contributed by atoms with Gasteiger partial charge in [-0.05, 0) is 50.5 Å². The molecule has 146 valence electrons.